The van der Waals surface area contributed by atoms with Crippen molar-refractivity contribution in [3.05, 3.63) is 42.5 Å². The molecule has 0 spiro atoms. The molecule has 0 radical (unpaired) electrons. The topological polar surface area (TPSA) is 55.1 Å². The fourth-order valence-electron chi connectivity index (χ4n) is 2.17. The molecule has 2 aromatic carbocycles. The van der Waals surface area contributed by atoms with Crippen LogP contribution in [0.15, 0.2) is 42.5 Å². The highest BCUT2D eigenvalue weighted by Gasteiger charge is 2.27. The molecule has 0 bridgehead atoms. The van der Waals surface area contributed by atoms with Gasteiger partial charge in [0.25, 0.3) is 0 Å². The van der Waals surface area contributed by atoms with Gasteiger partial charge in [-0.05, 0) is 36.2 Å². The molecule has 1 unspecified atom stereocenters. The molecule has 3 nitrogen and oxygen atoms in total. The molecule has 0 saturated heterocycles. The normalized spacial score (nSPS) is 14.1. The molecule has 3 N–H and O–H groups in total. The Balaban J connectivity index is 2.19. The van der Waals surface area contributed by atoms with Gasteiger partial charge in [-0.15, -0.1) is 0 Å². The molecule has 2 rings (SSSR count). The van der Waals surface area contributed by atoms with Crippen LogP contribution in [0.25, 0.3) is 10.8 Å². The van der Waals surface area contributed by atoms with Gasteiger partial charge in [0.05, 0.1) is 5.54 Å². The molecule has 0 saturated carbocycles. The average molecular weight is 256 g/mol. The van der Waals surface area contributed by atoms with Gasteiger partial charge in [0.1, 0.15) is 0 Å². The molecule has 0 aliphatic heterocycles. The SMILES string of the molecule is CCCC(C)(N)C(=O)Nc1ccc2ccccc2c1. The number of nitrogens with one attached hydrogen (secondary N) is 1. The molecular formula is C16H20N2O. The number of amides is 1. The van der Waals surface area contributed by atoms with Crippen molar-refractivity contribution in [2.75, 3.05) is 5.32 Å². The van der Waals surface area contributed by atoms with Gasteiger partial charge in [-0.25, -0.2) is 0 Å². The number of hydrogen-bond acceptors (Lipinski definition) is 2. The summed E-state index contributed by atoms with van der Waals surface area (Å²) < 4.78 is 0. The maximum absolute atomic E-state index is 12.1. The second-order valence-corrected chi connectivity index (χ2v) is 5.18. The molecule has 1 amide bonds. The standard InChI is InChI=1S/C16H20N2O/c1-3-10-16(2,17)15(19)18-14-9-8-12-6-4-5-7-13(12)11-14/h4-9,11H,3,10,17H2,1-2H3,(H,18,19). The molecule has 1 atom stereocenters. The van der Waals surface area contributed by atoms with E-state index in [2.05, 4.69) is 5.32 Å². The summed E-state index contributed by atoms with van der Waals surface area (Å²) in [4.78, 5) is 12.1. The van der Waals surface area contributed by atoms with E-state index in [1.165, 1.54) is 0 Å². The first-order valence-corrected chi connectivity index (χ1v) is 6.62. The molecule has 100 valence electrons. The third-order valence-corrected chi connectivity index (χ3v) is 3.30. The zero-order valence-electron chi connectivity index (χ0n) is 11.4. The lowest BCUT2D eigenvalue weighted by Crippen LogP contribution is -2.48. The fourth-order valence-corrected chi connectivity index (χ4v) is 2.17. The lowest BCUT2D eigenvalue weighted by Gasteiger charge is -2.22. The highest BCUT2D eigenvalue weighted by atomic mass is 16.2. The Morgan fingerprint density at radius 2 is 1.89 bits per heavy atom. The van der Waals surface area contributed by atoms with E-state index in [-0.39, 0.29) is 5.91 Å². The van der Waals surface area contributed by atoms with Crippen LogP contribution < -0.4 is 11.1 Å². The van der Waals surface area contributed by atoms with E-state index in [9.17, 15) is 4.79 Å². The minimum Gasteiger partial charge on any atom is -0.324 e. The van der Waals surface area contributed by atoms with Gasteiger partial charge < -0.3 is 11.1 Å². The zero-order chi connectivity index (χ0) is 13.9. The van der Waals surface area contributed by atoms with Gasteiger partial charge in [-0.1, -0.05) is 43.7 Å². The predicted molar refractivity (Wildman–Crippen MR) is 80.1 cm³/mol. The number of carbonyl (C=O) groups is 1. The summed E-state index contributed by atoms with van der Waals surface area (Å²) in [6.07, 6.45) is 1.56. The van der Waals surface area contributed by atoms with Crippen LogP contribution in [-0.4, -0.2) is 11.4 Å². The van der Waals surface area contributed by atoms with Gasteiger partial charge in [-0.2, -0.15) is 0 Å². The van der Waals surface area contributed by atoms with Gasteiger partial charge >= 0.3 is 0 Å². The van der Waals surface area contributed by atoms with Crippen molar-refractivity contribution in [3.63, 3.8) is 0 Å². The van der Waals surface area contributed by atoms with E-state index in [1.807, 2.05) is 49.4 Å². The zero-order valence-corrected chi connectivity index (χ0v) is 11.4. The van der Waals surface area contributed by atoms with E-state index >= 15 is 0 Å². The maximum Gasteiger partial charge on any atom is 0.244 e. The lowest BCUT2D eigenvalue weighted by molar-refractivity contribution is -0.120. The number of fused-ring (bicyclic) bond motifs is 1. The summed E-state index contributed by atoms with van der Waals surface area (Å²) in [7, 11) is 0. The molecule has 0 aliphatic carbocycles. The van der Waals surface area contributed by atoms with Crippen molar-refractivity contribution < 1.29 is 4.79 Å². The Morgan fingerprint density at radius 3 is 2.58 bits per heavy atom. The van der Waals surface area contributed by atoms with Crippen LogP contribution in [0.4, 0.5) is 5.69 Å². The lowest BCUT2D eigenvalue weighted by atomic mass is 9.96. The Hall–Kier alpha value is -1.87. The number of carbonyl (C=O) groups excluding carboxylic acids is 1. The van der Waals surface area contributed by atoms with Gasteiger partial charge in [0.2, 0.25) is 5.91 Å². The van der Waals surface area contributed by atoms with Crippen molar-refractivity contribution in [2.45, 2.75) is 32.2 Å². The van der Waals surface area contributed by atoms with E-state index in [1.54, 1.807) is 6.92 Å². The third kappa shape index (κ3) is 3.12. The summed E-state index contributed by atoms with van der Waals surface area (Å²) in [5.41, 5.74) is 5.99. The average Bonchev–Trinajstić information content (AvgIpc) is 2.38. The van der Waals surface area contributed by atoms with Crippen molar-refractivity contribution in [3.8, 4) is 0 Å². The molecule has 0 heterocycles. The van der Waals surface area contributed by atoms with Crippen LogP contribution in [0.1, 0.15) is 26.7 Å². The summed E-state index contributed by atoms with van der Waals surface area (Å²) >= 11 is 0. The predicted octanol–water partition coefficient (Wildman–Crippen LogP) is 3.30. The second kappa shape index (κ2) is 5.41. The van der Waals surface area contributed by atoms with Crippen LogP contribution in [0.5, 0.6) is 0 Å². The van der Waals surface area contributed by atoms with Crippen molar-refractivity contribution in [1.29, 1.82) is 0 Å². The smallest absolute Gasteiger partial charge is 0.244 e. The number of nitrogens with two attached hydrogens (primary N) is 1. The van der Waals surface area contributed by atoms with Crippen LogP contribution in [0.3, 0.4) is 0 Å². The second-order valence-electron chi connectivity index (χ2n) is 5.18. The van der Waals surface area contributed by atoms with Gasteiger partial charge in [-0.3, -0.25) is 4.79 Å². The largest absolute Gasteiger partial charge is 0.324 e. The van der Waals surface area contributed by atoms with Gasteiger partial charge in [0.15, 0.2) is 0 Å². The van der Waals surface area contributed by atoms with E-state index < -0.39 is 5.54 Å². The number of rotatable bonds is 4. The van der Waals surface area contributed by atoms with Crippen LogP contribution in [-0.2, 0) is 4.79 Å². The van der Waals surface area contributed by atoms with Crippen molar-refractivity contribution in [2.24, 2.45) is 5.73 Å². The van der Waals surface area contributed by atoms with Crippen molar-refractivity contribution >= 4 is 22.4 Å². The first kappa shape index (κ1) is 13.6. The highest BCUT2D eigenvalue weighted by molar-refractivity contribution is 5.99. The Labute approximate surface area is 113 Å². The number of benzene rings is 2. The Morgan fingerprint density at radius 1 is 1.21 bits per heavy atom. The number of anilines is 1. The molecular weight excluding hydrogens is 236 g/mol. The molecule has 3 heteroatoms. The summed E-state index contributed by atoms with van der Waals surface area (Å²) in [6, 6.07) is 13.9. The maximum atomic E-state index is 12.1. The van der Waals surface area contributed by atoms with Crippen LogP contribution in [0, 0.1) is 0 Å². The van der Waals surface area contributed by atoms with E-state index in [4.69, 9.17) is 5.73 Å². The molecule has 2 aromatic rings. The first-order valence-electron chi connectivity index (χ1n) is 6.62. The highest BCUT2D eigenvalue weighted by Crippen LogP contribution is 2.20. The molecule has 0 aromatic heterocycles. The molecule has 0 fully saturated rings. The quantitative estimate of drug-likeness (QED) is 0.882. The third-order valence-electron chi connectivity index (χ3n) is 3.30. The minimum absolute atomic E-state index is 0.135. The molecule has 0 aliphatic rings. The van der Waals surface area contributed by atoms with E-state index in [0.29, 0.717) is 6.42 Å². The summed E-state index contributed by atoms with van der Waals surface area (Å²) in [5, 5.41) is 5.16. The minimum atomic E-state index is -0.819. The first-order chi connectivity index (χ1) is 9.03. The summed E-state index contributed by atoms with van der Waals surface area (Å²) in [5.74, 6) is -0.135. The Bertz CT molecular complexity index is 590. The summed E-state index contributed by atoms with van der Waals surface area (Å²) in [6.45, 7) is 3.79. The van der Waals surface area contributed by atoms with E-state index in [0.717, 1.165) is 22.9 Å². The monoisotopic (exact) mass is 256 g/mol. The Kier molecular flexibility index (Phi) is 3.86. The van der Waals surface area contributed by atoms with Crippen LogP contribution >= 0.6 is 0 Å². The number of hydrogen-bond donors (Lipinski definition) is 2. The van der Waals surface area contributed by atoms with Gasteiger partial charge in [0, 0.05) is 5.69 Å². The molecule has 19 heavy (non-hydrogen) atoms. The fraction of sp³-hybridized carbons (Fsp3) is 0.312. The van der Waals surface area contributed by atoms with Crippen molar-refractivity contribution in [1.82, 2.24) is 0 Å². The van der Waals surface area contributed by atoms with Crippen LogP contribution in [0.2, 0.25) is 0 Å².